The number of aromatic nitrogens is 1. The molecule has 0 bridgehead atoms. The molecule has 5 heteroatoms. The molecule has 0 saturated carbocycles. The number of aliphatic hydroxyl groups is 2. The maximum absolute atomic E-state index is 9.60. The molecule has 0 amide bonds. The van der Waals surface area contributed by atoms with Crippen molar-refractivity contribution in [3.63, 3.8) is 0 Å². The van der Waals surface area contributed by atoms with E-state index in [4.69, 9.17) is 5.11 Å². The van der Waals surface area contributed by atoms with E-state index in [9.17, 15) is 5.11 Å². The first-order chi connectivity index (χ1) is 7.57. The van der Waals surface area contributed by atoms with Crippen molar-refractivity contribution in [2.45, 2.75) is 19.4 Å². The van der Waals surface area contributed by atoms with Crippen LogP contribution in [0.1, 0.15) is 13.8 Å². The fraction of sp³-hybridized carbons (Fsp3) is 0.545. The van der Waals surface area contributed by atoms with Crippen LogP contribution in [-0.2, 0) is 0 Å². The van der Waals surface area contributed by atoms with E-state index in [0.29, 0.717) is 5.82 Å². The number of nitrogens with zero attached hydrogens (tertiary/aromatic N) is 1. The summed E-state index contributed by atoms with van der Waals surface area (Å²) in [5, 5.41) is 24.6. The quantitative estimate of drug-likeness (QED) is 0.572. The monoisotopic (exact) mass is 225 g/mol. The molecule has 0 spiro atoms. The first-order valence-corrected chi connectivity index (χ1v) is 5.35. The van der Waals surface area contributed by atoms with Crippen LogP contribution in [0.3, 0.4) is 0 Å². The van der Waals surface area contributed by atoms with Gasteiger partial charge < -0.3 is 20.8 Å². The van der Waals surface area contributed by atoms with Gasteiger partial charge in [0.2, 0.25) is 0 Å². The molecule has 90 valence electrons. The van der Waals surface area contributed by atoms with E-state index >= 15 is 0 Å². The molecule has 0 aliphatic rings. The van der Waals surface area contributed by atoms with E-state index in [1.54, 1.807) is 6.92 Å². The lowest BCUT2D eigenvalue weighted by Crippen LogP contribution is -2.37. The molecule has 5 nitrogen and oxygen atoms in total. The maximum atomic E-state index is 9.60. The summed E-state index contributed by atoms with van der Waals surface area (Å²) < 4.78 is 0. The molecular weight excluding hydrogens is 206 g/mol. The fourth-order valence-electron chi connectivity index (χ4n) is 1.15. The van der Waals surface area contributed by atoms with E-state index in [-0.39, 0.29) is 13.2 Å². The molecule has 1 aromatic rings. The van der Waals surface area contributed by atoms with Crippen LogP contribution in [0.15, 0.2) is 18.2 Å². The maximum Gasteiger partial charge on any atom is 0.128 e. The van der Waals surface area contributed by atoms with Crippen LogP contribution in [0.4, 0.5) is 11.6 Å². The molecule has 0 aliphatic heterocycles. The van der Waals surface area contributed by atoms with Gasteiger partial charge in [0.15, 0.2) is 0 Å². The summed E-state index contributed by atoms with van der Waals surface area (Å²) in [6.07, 6.45) is 0. The van der Waals surface area contributed by atoms with Gasteiger partial charge in [0.25, 0.3) is 0 Å². The zero-order chi connectivity index (χ0) is 12.0. The minimum absolute atomic E-state index is 0.256. The summed E-state index contributed by atoms with van der Waals surface area (Å²) in [6, 6.07) is 5.56. The van der Waals surface area contributed by atoms with Gasteiger partial charge in [-0.25, -0.2) is 4.98 Å². The molecule has 16 heavy (non-hydrogen) atoms. The topological polar surface area (TPSA) is 77.4 Å². The second-order valence-corrected chi connectivity index (χ2v) is 3.95. The largest absolute Gasteiger partial charge is 0.393 e. The van der Waals surface area contributed by atoms with Crippen molar-refractivity contribution in [3.05, 3.63) is 18.2 Å². The van der Waals surface area contributed by atoms with Crippen LogP contribution >= 0.6 is 0 Å². The van der Waals surface area contributed by atoms with Crippen LogP contribution in [0.5, 0.6) is 0 Å². The molecule has 1 aromatic heterocycles. The van der Waals surface area contributed by atoms with Crippen molar-refractivity contribution >= 4 is 11.6 Å². The zero-order valence-corrected chi connectivity index (χ0v) is 9.70. The van der Waals surface area contributed by atoms with E-state index in [1.807, 2.05) is 25.1 Å². The highest BCUT2D eigenvalue weighted by molar-refractivity contribution is 5.45. The van der Waals surface area contributed by atoms with Gasteiger partial charge in [-0.3, -0.25) is 0 Å². The predicted molar refractivity (Wildman–Crippen MR) is 64.6 cm³/mol. The van der Waals surface area contributed by atoms with Gasteiger partial charge >= 0.3 is 0 Å². The van der Waals surface area contributed by atoms with E-state index in [0.717, 1.165) is 12.4 Å². The normalized spacial score (nSPS) is 14.2. The number of pyridine rings is 1. The first-order valence-electron chi connectivity index (χ1n) is 5.35. The highest BCUT2D eigenvalue weighted by atomic mass is 16.3. The lowest BCUT2D eigenvalue weighted by atomic mass is 10.1. The van der Waals surface area contributed by atoms with E-state index in [1.165, 1.54) is 0 Å². The van der Waals surface area contributed by atoms with Crippen LogP contribution in [0.2, 0.25) is 0 Å². The first kappa shape index (κ1) is 12.7. The lowest BCUT2D eigenvalue weighted by molar-refractivity contribution is 0.0132. The third-order valence-corrected chi connectivity index (χ3v) is 2.10. The van der Waals surface area contributed by atoms with Crippen LogP contribution in [-0.4, -0.2) is 40.5 Å². The van der Waals surface area contributed by atoms with Crippen molar-refractivity contribution in [2.75, 3.05) is 30.3 Å². The Bertz CT molecular complexity index is 329. The van der Waals surface area contributed by atoms with Gasteiger partial charge in [-0.05, 0) is 26.0 Å². The van der Waals surface area contributed by atoms with E-state index < -0.39 is 5.60 Å². The highest BCUT2D eigenvalue weighted by Gasteiger charge is 2.18. The van der Waals surface area contributed by atoms with Crippen LogP contribution in [0, 0.1) is 0 Å². The zero-order valence-electron chi connectivity index (χ0n) is 9.70. The summed E-state index contributed by atoms with van der Waals surface area (Å²) in [4.78, 5) is 4.28. The van der Waals surface area contributed by atoms with Gasteiger partial charge in [0.05, 0.1) is 6.61 Å². The molecule has 0 saturated heterocycles. The van der Waals surface area contributed by atoms with E-state index in [2.05, 4.69) is 15.6 Å². The summed E-state index contributed by atoms with van der Waals surface area (Å²) in [6.45, 7) is 4.34. The fourth-order valence-corrected chi connectivity index (χ4v) is 1.15. The third-order valence-electron chi connectivity index (χ3n) is 2.10. The molecule has 0 fully saturated rings. The predicted octanol–water partition coefficient (Wildman–Crippen LogP) is 0.669. The standard InChI is InChI=1S/C11H19N3O2/c1-3-12-9-5-4-6-10(14-9)13-7-11(2,16)8-15/h4-6,15-16H,3,7-8H2,1-2H3,(H2,12,13,14). The lowest BCUT2D eigenvalue weighted by Gasteiger charge is -2.21. The Hall–Kier alpha value is -1.33. The van der Waals surface area contributed by atoms with Crippen molar-refractivity contribution in [3.8, 4) is 0 Å². The Balaban J connectivity index is 2.57. The molecule has 1 rings (SSSR count). The van der Waals surface area contributed by atoms with Crippen molar-refractivity contribution in [2.24, 2.45) is 0 Å². The number of nitrogens with one attached hydrogen (secondary N) is 2. The minimum Gasteiger partial charge on any atom is -0.393 e. The average molecular weight is 225 g/mol. The van der Waals surface area contributed by atoms with Gasteiger partial charge in [-0.1, -0.05) is 6.07 Å². The summed E-state index contributed by atoms with van der Waals surface area (Å²) >= 11 is 0. The van der Waals surface area contributed by atoms with Gasteiger partial charge in [-0.15, -0.1) is 0 Å². The Morgan fingerprint density at radius 1 is 1.31 bits per heavy atom. The Labute approximate surface area is 95.5 Å². The molecule has 1 atom stereocenters. The van der Waals surface area contributed by atoms with Crippen LogP contribution in [0.25, 0.3) is 0 Å². The summed E-state index contributed by atoms with van der Waals surface area (Å²) in [5.41, 5.74) is -1.13. The highest BCUT2D eigenvalue weighted by Crippen LogP contribution is 2.10. The molecular formula is C11H19N3O2. The molecule has 0 aromatic carbocycles. The molecule has 0 radical (unpaired) electrons. The Morgan fingerprint density at radius 3 is 2.50 bits per heavy atom. The smallest absolute Gasteiger partial charge is 0.128 e. The van der Waals surface area contributed by atoms with Gasteiger partial charge in [0.1, 0.15) is 17.2 Å². The second kappa shape index (κ2) is 5.67. The van der Waals surface area contributed by atoms with Crippen LogP contribution < -0.4 is 10.6 Å². The Kier molecular flexibility index (Phi) is 4.52. The molecule has 0 aliphatic carbocycles. The number of anilines is 2. The van der Waals surface area contributed by atoms with Crippen molar-refractivity contribution < 1.29 is 10.2 Å². The molecule has 4 N–H and O–H groups in total. The van der Waals surface area contributed by atoms with Gasteiger partial charge in [0, 0.05) is 13.1 Å². The minimum atomic E-state index is -1.13. The summed E-state index contributed by atoms with van der Waals surface area (Å²) in [7, 11) is 0. The molecule has 1 heterocycles. The number of hydrogen-bond acceptors (Lipinski definition) is 5. The van der Waals surface area contributed by atoms with Crippen molar-refractivity contribution in [1.82, 2.24) is 4.98 Å². The second-order valence-electron chi connectivity index (χ2n) is 3.95. The third kappa shape index (κ3) is 4.04. The van der Waals surface area contributed by atoms with Gasteiger partial charge in [-0.2, -0.15) is 0 Å². The number of hydrogen-bond donors (Lipinski definition) is 4. The van der Waals surface area contributed by atoms with Crippen molar-refractivity contribution in [1.29, 1.82) is 0 Å². The summed E-state index contributed by atoms with van der Waals surface area (Å²) in [5.74, 6) is 1.46. The SMILES string of the molecule is CCNc1cccc(NCC(C)(O)CO)n1. The average Bonchev–Trinajstić information content (AvgIpc) is 2.28. The molecule has 1 unspecified atom stereocenters. The number of rotatable bonds is 6. The number of aliphatic hydroxyl groups excluding tert-OH is 1. The Morgan fingerprint density at radius 2 is 1.94 bits per heavy atom.